The highest BCUT2D eigenvalue weighted by molar-refractivity contribution is 8.18. The predicted molar refractivity (Wildman–Crippen MR) is 80.6 cm³/mol. The molecule has 21 heavy (non-hydrogen) atoms. The first-order valence-electron chi connectivity index (χ1n) is 6.18. The number of hydrogen-bond acceptors (Lipinski definition) is 4. The van der Waals surface area contributed by atoms with Crippen molar-refractivity contribution in [2.24, 2.45) is 0 Å². The number of nitrogens with zero attached hydrogens (tertiary/aromatic N) is 1. The van der Waals surface area contributed by atoms with Crippen LogP contribution in [-0.2, 0) is 9.59 Å². The topological polar surface area (TPSA) is 74.7 Å². The summed E-state index contributed by atoms with van der Waals surface area (Å²) in [4.78, 5) is 34.9. The third-order valence-electron chi connectivity index (χ3n) is 2.78. The predicted octanol–water partition coefficient (Wildman–Crippen LogP) is 2.67. The normalized spacial score (nSPS) is 17.2. The number of rotatable bonds is 4. The molecule has 0 aromatic heterocycles. The van der Waals surface area contributed by atoms with Crippen molar-refractivity contribution < 1.29 is 19.5 Å². The molecule has 0 radical (unpaired) electrons. The Morgan fingerprint density at radius 3 is 2.57 bits per heavy atom. The molecule has 2 amide bonds. The third-order valence-corrected chi connectivity index (χ3v) is 3.71. The maximum absolute atomic E-state index is 11.9. The van der Waals surface area contributed by atoms with Gasteiger partial charge in [0.25, 0.3) is 11.1 Å². The Balaban J connectivity index is 2.08. The number of allylic oxidation sites excluding steroid dienone is 2. The van der Waals surface area contributed by atoms with E-state index in [1.165, 1.54) is 6.08 Å². The number of aliphatic carboxylic acids is 1. The van der Waals surface area contributed by atoms with E-state index < -0.39 is 23.7 Å². The Hall–Kier alpha value is -2.34. The molecule has 5 nitrogen and oxygen atoms in total. The molecule has 1 heterocycles. The second kappa shape index (κ2) is 6.41. The molecule has 0 saturated carbocycles. The third kappa shape index (κ3) is 3.82. The second-order valence-electron chi connectivity index (χ2n) is 4.45. The van der Waals surface area contributed by atoms with Gasteiger partial charge in [0.15, 0.2) is 0 Å². The number of carboxylic acids is 1. The van der Waals surface area contributed by atoms with E-state index in [1.54, 1.807) is 6.08 Å². The SMILES string of the molecule is Cc1ccc(/C=C/C=C2\SC(=O)N(CC(=O)O)C2=O)cc1. The van der Waals surface area contributed by atoms with Gasteiger partial charge in [-0.2, -0.15) is 0 Å². The smallest absolute Gasteiger partial charge is 0.323 e. The van der Waals surface area contributed by atoms with Gasteiger partial charge in [0.05, 0.1) is 4.91 Å². The summed E-state index contributed by atoms with van der Waals surface area (Å²) in [5, 5.41) is 8.10. The van der Waals surface area contributed by atoms with Gasteiger partial charge in [-0.05, 0) is 30.3 Å². The average molecular weight is 303 g/mol. The Kier molecular flexibility index (Phi) is 4.59. The highest BCUT2D eigenvalue weighted by Crippen LogP contribution is 2.30. The quantitative estimate of drug-likeness (QED) is 0.866. The number of amides is 2. The van der Waals surface area contributed by atoms with Crippen LogP contribution in [0, 0.1) is 6.92 Å². The van der Waals surface area contributed by atoms with Gasteiger partial charge in [-0.1, -0.05) is 42.0 Å². The molecule has 0 bridgehead atoms. The first-order chi connectivity index (χ1) is 9.97. The maximum Gasteiger partial charge on any atom is 0.323 e. The number of carboxylic acid groups (broad SMARTS) is 1. The zero-order valence-electron chi connectivity index (χ0n) is 11.3. The van der Waals surface area contributed by atoms with Crippen LogP contribution in [0.1, 0.15) is 11.1 Å². The number of aryl methyl sites for hydroxylation is 1. The molecular formula is C15H13NO4S. The molecule has 1 saturated heterocycles. The summed E-state index contributed by atoms with van der Waals surface area (Å²) >= 11 is 0.745. The lowest BCUT2D eigenvalue weighted by Gasteiger charge is -2.07. The van der Waals surface area contributed by atoms with Crippen LogP contribution in [0.2, 0.25) is 0 Å². The standard InChI is InChI=1S/C15H13NO4S/c1-10-5-7-11(8-6-10)3-2-4-12-14(19)16(9-13(17)18)15(20)21-12/h2-8H,9H2,1H3,(H,17,18)/b3-2+,12-4-. The number of carbonyl (C=O) groups is 3. The molecule has 0 aliphatic carbocycles. The molecule has 0 spiro atoms. The van der Waals surface area contributed by atoms with E-state index in [2.05, 4.69) is 0 Å². The van der Waals surface area contributed by atoms with Gasteiger partial charge in [0.1, 0.15) is 6.54 Å². The molecular weight excluding hydrogens is 290 g/mol. The Labute approximate surface area is 125 Å². The molecule has 1 aromatic rings. The second-order valence-corrected chi connectivity index (χ2v) is 5.45. The molecule has 0 unspecified atom stereocenters. The minimum atomic E-state index is -1.21. The maximum atomic E-state index is 11.9. The largest absolute Gasteiger partial charge is 0.480 e. The highest BCUT2D eigenvalue weighted by Gasteiger charge is 2.35. The van der Waals surface area contributed by atoms with Crippen LogP contribution in [-0.4, -0.2) is 33.7 Å². The van der Waals surface area contributed by atoms with Crippen LogP contribution >= 0.6 is 11.8 Å². The van der Waals surface area contributed by atoms with Crippen LogP contribution in [0.15, 0.2) is 41.3 Å². The monoisotopic (exact) mass is 303 g/mol. The van der Waals surface area contributed by atoms with Crippen molar-refractivity contribution in [3.05, 3.63) is 52.4 Å². The van der Waals surface area contributed by atoms with E-state index in [-0.39, 0.29) is 4.91 Å². The van der Waals surface area contributed by atoms with Crippen molar-refractivity contribution in [2.45, 2.75) is 6.92 Å². The molecule has 6 heteroatoms. The molecule has 1 aromatic carbocycles. The molecule has 1 N–H and O–H groups in total. The number of thioether (sulfide) groups is 1. The lowest BCUT2D eigenvalue weighted by Crippen LogP contribution is -2.33. The minimum absolute atomic E-state index is 0.226. The van der Waals surface area contributed by atoms with Gasteiger partial charge in [-0.15, -0.1) is 0 Å². The summed E-state index contributed by atoms with van der Waals surface area (Å²) in [6, 6.07) is 7.83. The molecule has 1 aliphatic heterocycles. The fourth-order valence-corrected chi connectivity index (χ4v) is 2.50. The van der Waals surface area contributed by atoms with Gasteiger partial charge in [-0.25, -0.2) is 0 Å². The Bertz CT molecular complexity index is 646. The first-order valence-corrected chi connectivity index (χ1v) is 6.99. The van der Waals surface area contributed by atoms with Gasteiger partial charge in [0, 0.05) is 0 Å². The minimum Gasteiger partial charge on any atom is -0.480 e. The average Bonchev–Trinajstić information content (AvgIpc) is 2.68. The lowest BCUT2D eigenvalue weighted by molar-refractivity contribution is -0.140. The van der Waals surface area contributed by atoms with Gasteiger partial charge < -0.3 is 5.11 Å². The zero-order valence-corrected chi connectivity index (χ0v) is 12.1. The zero-order chi connectivity index (χ0) is 15.4. The van der Waals surface area contributed by atoms with E-state index in [1.807, 2.05) is 37.3 Å². The van der Waals surface area contributed by atoms with Crippen molar-refractivity contribution in [3.63, 3.8) is 0 Å². The van der Waals surface area contributed by atoms with Gasteiger partial charge >= 0.3 is 5.97 Å². The fourth-order valence-electron chi connectivity index (χ4n) is 1.71. The van der Waals surface area contributed by atoms with E-state index >= 15 is 0 Å². The molecule has 0 atom stereocenters. The van der Waals surface area contributed by atoms with E-state index in [9.17, 15) is 14.4 Å². The lowest BCUT2D eigenvalue weighted by atomic mass is 10.1. The van der Waals surface area contributed by atoms with Crippen LogP contribution < -0.4 is 0 Å². The molecule has 108 valence electrons. The van der Waals surface area contributed by atoms with E-state index in [4.69, 9.17) is 5.11 Å². The first kappa shape index (κ1) is 15.1. The van der Waals surface area contributed by atoms with E-state index in [0.717, 1.165) is 27.8 Å². The summed E-state index contributed by atoms with van der Waals surface area (Å²) in [7, 11) is 0. The van der Waals surface area contributed by atoms with E-state index in [0.29, 0.717) is 0 Å². The van der Waals surface area contributed by atoms with Crippen molar-refractivity contribution in [1.29, 1.82) is 0 Å². The molecule has 1 fully saturated rings. The summed E-state index contributed by atoms with van der Waals surface area (Å²) in [6.45, 7) is 1.38. The summed E-state index contributed by atoms with van der Waals surface area (Å²) in [5.41, 5.74) is 2.13. The fraction of sp³-hybridized carbons (Fsp3) is 0.133. The van der Waals surface area contributed by atoms with Crippen molar-refractivity contribution in [3.8, 4) is 0 Å². The van der Waals surface area contributed by atoms with Crippen LogP contribution in [0.25, 0.3) is 6.08 Å². The van der Waals surface area contributed by atoms with Crippen molar-refractivity contribution in [1.82, 2.24) is 4.90 Å². The summed E-state index contributed by atoms with van der Waals surface area (Å²) < 4.78 is 0. The number of carbonyl (C=O) groups excluding carboxylic acids is 2. The molecule has 2 rings (SSSR count). The van der Waals surface area contributed by atoms with Crippen LogP contribution in [0.4, 0.5) is 4.79 Å². The number of imide groups is 1. The number of hydrogen-bond donors (Lipinski definition) is 1. The van der Waals surface area contributed by atoms with Crippen LogP contribution in [0.3, 0.4) is 0 Å². The Morgan fingerprint density at radius 2 is 1.95 bits per heavy atom. The summed E-state index contributed by atoms with van der Waals surface area (Å²) in [6.07, 6.45) is 5.00. The Morgan fingerprint density at radius 1 is 1.29 bits per heavy atom. The summed E-state index contributed by atoms with van der Waals surface area (Å²) in [5.74, 6) is -1.78. The van der Waals surface area contributed by atoms with Crippen LogP contribution in [0.5, 0.6) is 0 Å². The van der Waals surface area contributed by atoms with Gasteiger partial charge in [0.2, 0.25) is 0 Å². The van der Waals surface area contributed by atoms with Crippen molar-refractivity contribution >= 4 is 35.0 Å². The highest BCUT2D eigenvalue weighted by atomic mass is 32.2. The molecule has 1 aliphatic rings. The van der Waals surface area contributed by atoms with Crippen molar-refractivity contribution in [2.75, 3.05) is 6.54 Å². The number of benzene rings is 1. The van der Waals surface area contributed by atoms with Gasteiger partial charge in [-0.3, -0.25) is 19.3 Å².